The molecule has 0 amide bonds. The Labute approximate surface area is 160 Å². The quantitative estimate of drug-likeness (QED) is 0.575. The molecular weight excluding hydrogens is 356 g/mol. The van der Waals surface area contributed by atoms with Crippen molar-refractivity contribution in [3.05, 3.63) is 70.5 Å². The van der Waals surface area contributed by atoms with Crippen LogP contribution in [0.1, 0.15) is 17.3 Å². The first-order chi connectivity index (χ1) is 13.7. The summed E-state index contributed by atoms with van der Waals surface area (Å²) in [6.45, 7) is 0.439. The number of para-hydroxylation sites is 1. The molecule has 0 radical (unpaired) electrons. The number of benzene rings is 2. The van der Waals surface area contributed by atoms with Gasteiger partial charge in [0.15, 0.2) is 11.5 Å². The molecule has 0 aliphatic carbocycles. The molecule has 1 aliphatic heterocycles. The molecule has 7 nitrogen and oxygen atoms in total. The van der Waals surface area contributed by atoms with E-state index in [2.05, 4.69) is 15.2 Å². The first-order valence-corrected chi connectivity index (χ1v) is 9.05. The molecule has 0 saturated carbocycles. The molecule has 4 aromatic rings. The summed E-state index contributed by atoms with van der Waals surface area (Å²) in [4.78, 5) is 20.4. The van der Waals surface area contributed by atoms with E-state index in [-0.39, 0.29) is 11.5 Å². The number of fused-ring (bicyclic) bond motifs is 2. The Kier molecular flexibility index (Phi) is 3.86. The van der Waals surface area contributed by atoms with Crippen molar-refractivity contribution in [3.63, 3.8) is 0 Å². The molecule has 0 saturated heterocycles. The van der Waals surface area contributed by atoms with Crippen molar-refractivity contribution >= 4 is 10.9 Å². The number of ether oxygens (including phenoxy) is 2. The van der Waals surface area contributed by atoms with Gasteiger partial charge < -0.3 is 14.5 Å². The van der Waals surface area contributed by atoms with Gasteiger partial charge in [0.1, 0.15) is 5.82 Å². The van der Waals surface area contributed by atoms with Gasteiger partial charge in [0.2, 0.25) is 0 Å². The van der Waals surface area contributed by atoms with Gasteiger partial charge in [-0.25, -0.2) is 4.98 Å². The summed E-state index contributed by atoms with van der Waals surface area (Å²) in [6, 6.07) is 11.5. The minimum absolute atomic E-state index is 0.0229. The van der Waals surface area contributed by atoms with Gasteiger partial charge in [-0.1, -0.05) is 18.2 Å². The van der Waals surface area contributed by atoms with Gasteiger partial charge in [-0.3, -0.25) is 9.89 Å². The Morgan fingerprint density at radius 1 is 1.21 bits per heavy atom. The Balaban J connectivity index is 1.52. The van der Waals surface area contributed by atoms with Gasteiger partial charge in [0, 0.05) is 11.8 Å². The Morgan fingerprint density at radius 3 is 2.96 bits per heavy atom. The number of methoxy groups -OCH3 is 1. The van der Waals surface area contributed by atoms with Crippen LogP contribution in [0.4, 0.5) is 0 Å². The number of aromatic nitrogens is 4. The number of aromatic amines is 2. The predicted molar refractivity (Wildman–Crippen MR) is 105 cm³/mol. The van der Waals surface area contributed by atoms with E-state index in [9.17, 15) is 4.79 Å². The van der Waals surface area contributed by atoms with Crippen molar-refractivity contribution in [2.24, 2.45) is 0 Å². The van der Waals surface area contributed by atoms with E-state index in [1.54, 1.807) is 19.5 Å². The van der Waals surface area contributed by atoms with Crippen LogP contribution in [-0.4, -0.2) is 33.9 Å². The van der Waals surface area contributed by atoms with E-state index in [1.807, 2.05) is 36.4 Å². The molecule has 140 valence electrons. The summed E-state index contributed by atoms with van der Waals surface area (Å²) in [7, 11) is 1.63. The molecule has 1 unspecified atom stereocenters. The topological polar surface area (TPSA) is 92.9 Å². The number of hydrogen-bond donors (Lipinski definition) is 2. The van der Waals surface area contributed by atoms with Gasteiger partial charge in [-0.2, -0.15) is 5.10 Å². The zero-order valence-corrected chi connectivity index (χ0v) is 15.2. The third-order valence-electron chi connectivity index (χ3n) is 5.12. The zero-order chi connectivity index (χ0) is 19.1. The standard InChI is InChI=1S/C21H18N4O3/c1-27-18-4-2-3-13-7-14(11-28-19(13)18)20-24-17-6-5-12(15-9-22-23-10-15)8-16(17)21(26)25-20/h2-6,8-10,14H,7,11H2,1H3,(H,22,23)(H,24,25,26). The van der Waals surface area contributed by atoms with Crippen molar-refractivity contribution < 1.29 is 9.47 Å². The molecule has 2 aromatic carbocycles. The second-order valence-corrected chi connectivity index (χ2v) is 6.83. The maximum Gasteiger partial charge on any atom is 0.258 e. The molecule has 1 aliphatic rings. The predicted octanol–water partition coefficient (Wildman–Crippen LogP) is 3.04. The highest BCUT2D eigenvalue weighted by Crippen LogP contribution is 2.38. The van der Waals surface area contributed by atoms with Crippen LogP contribution in [0, 0.1) is 0 Å². The second kappa shape index (κ2) is 6.53. The molecule has 2 aromatic heterocycles. The first kappa shape index (κ1) is 16.6. The van der Waals surface area contributed by atoms with Crippen LogP contribution in [0.3, 0.4) is 0 Å². The van der Waals surface area contributed by atoms with Crippen LogP contribution >= 0.6 is 0 Å². The number of nitrogens with one attached hydrogen (secondary N) is 2. The summed E-state index contributed by atoms with van der Waals surface area (Å²) in [5.41, 5.74) is 3.41. The summed E-state index contributed by atoms with van der Waals surface area (Å²) < 4.78 is 11.3. The molecule has 7 heteroatoms. The maximum absolute atomic E-state index is 12.7. The fourth-order valence-electron chi connectivity index (χ4n) is 3.67. The molecule has 5 rings (SSSR count). The monoisotopic (exact) mass is 374 g/mol. The summed E-state index contributed by atoms with van der Waals surface area (Å²) >= 11 is 0. The Morgan fingerprint density at radius 2 is 2.14 bits per heavy atom. The maximum atomic E-state index is 12.7. The van der Waals surface area contributed by atoms with E-state index in [4.69, 9.17) is 14.5 Å². The van der Waals surface area contributed by atoms with E-state index >= 15 is 0 Å². The SMILES string of the molecule is COc1cccc2c1OCC(c1nc3ccc(-c4cn[nH]c4)cc3c(=O)[nH]1)C2. The molecule has 2 N–H and O–H groups in total. The smallest absolute Gasteiger partial charge is 0.258 e. The minimum atomic E-state index is -0.151. The summed E-state index contributed by atoms with van der Waals surface area (Å²) in [6.07, 6.45) is 4.25. The first-order valence-electron chi connectivity index (χ1n) is 9.05. The third-order valence-corrected chi connectivity index (χ3v) is 5.12. The Hall–Kier alpha value is -3.61. The lowest BCUT2D eigenvalue weighted by Crippen LogP contribution is -2.24. The Bertz CT molecular complexity index is 1210. The number of hydrogen-bond acceptors (Lipinski definition) is 5. The van der Waals surface area contributed by atoms with Crippen LogP contribution in [0.5, 0.6) is 11.5 Å². The number of nitrogens with zero attached hydrogens (tertiary/aromatic N) is 2. The van der Waals surface area contributed by atoms with Gasteiger partial charge in [-0.15, -0.1) is 0 Å². The van der Waals surface area contributed by atoms with E-state index in [0.717, 1.165) is 34.6 Å². The lowest BCUT2D eigenvalue weighted by molar-refractivity contribution is 0.243. The molecule has 0 spiro atoms. The largest absolute Gasteiger partial charge is 0.493 e. The van der Waals surface area contributed by atoms with Crippen LogP contribution < -0.4 is 15.0 Å². The van der Waals surface area contributed by atoms with Crippen molar-refractivity contribution in [2.45, 2.75) is 12.3 Å². The van der Waals surface area contributed by atoms with Crippen LogP contribution in [0.25, 0.3) is 22.0 Å². The van der Waals surface area contributed by atoms with Crippen LogP contribution in [0.15, 0.2) is 53.6 Å². The fraction of sp³-hybridized carbons (Fsp3) is 0.190. The molecular formula is C21H18N4O3. The fourth-order valence-corrected chi connectivity index (χ4v) is 3.67. The zero-order valence-electron chi connectivity index (χ0n) is 15.2. The lowest BCUT2D eigenvalue weighted by Gasteiger charge is -2.26. The average molecular weight is 374 g/mol. The highest BCUT2D eigenvalue weighted by Gasteiger charge is 2.26. The van der Waals surface area contributed by atoms with Crippen molar-refractivity contribution in [1.29, 1.82) is 0 Å². The molecule has 3 heterocycles. The van der Waals surface area contributed by atoms with E-state index < -0.39 is 0 Å². The number of H-pyrrole nitrogens is 2. The third kappa shape index (κ3) is 2.72. The highest BCUT2D eigenvalue weighted by molar-refractivity contribution is 5.83. The lowest BCUT2D eigenvalue weighted by atomic mass is 9.95. The molecule has 28 heavy (non-hydrogen) atoms. The second-order valence-electron chi connectivity index (χ2n) is 6.83. The molecule has 1 atom stereocenters. The van der Waals surface area contributed by atoms with Gasteiger partial charge >= 0.3 is 0 Å². The summed E-state index contributed by atoms with van der Waals surface area (Å²) in [5.74, 6) is 2.11. The van der Waals surface area contributed by atoms with Crippen molar-refractivity contribution in [1.82, 2.24) is 20.2 Å². The minimum Gasteiger partial charge on any atom is -0.493 e. The van der Waals surface area contributed by atoms with Crippen LogP contribution in [0.2, 0.25) is 0 Å². The van der Waals surface area contributed by atoms with Gasteiger partial charge in [-0.05, 0) is 35.7 Å². The normalized spacial score (nSPS) is 15.8. The van der Waals surface area contributed by atoms with E-state index in [0.29, 0.717) is 23.3 Å². The number of rotatable bonds is 3. The van der Waals surface area contributed by atoms with E-state index in [1.165, 1.54) is 0 Å². The van der Waals surface area contributed by atoms with Gasteiger partial charge in [0.25, 0.3) is 5.56 Å². The average Bonchev–Trinajstić information content (AvgIpc) is 3.27. The summed E-state index contributed by atoms with van der Waals surface area (Å²) in [5, 5.41) is 7.30. The molecule has 0 fully saturated rings. The highest BCUT2D eigenvalue weighted by atomic mass is 16.5. The van der Waals surface area contributed by atoms with Crippen molar-refractivity contribution in [3.8, 4) is 22.6 Å². The van der Waals surface area contributed by atoms with Crippen molar-refractivity contribution in [2.75, 3.05) is 13.7 Å². The molecule has 0 bridgehead atoms. The van der Waals surface area contributed by atoms with Gasteiger partial charge in [0.05, 0.1) is 36.7 Å². The van der Waals surface area contributed by atoms with Crippen LogP contribution in [-0.2, 0) is 6.42 Å².